The topological polar surface area (TPSA) is 60.2 Å². The van der Waals surface area contributed by atoms with E-state index in [1.54, 1.807) is 10.7 Å². The highest BCUT2D eigenvalue weighted by atomic mass is 19.4. The van der Waals surface area contributed by atoms with E-state index >= 15 is 0 Å². The van der Waals surface area contributed by atoms with Crippen molar-refractivity contribution in [1.29, 1.82) is 0 Å². The van der Waals surface area contributed by atoms with Crippen molar-refractivity contribution in [1.82, 2.24) is 19.7 Å². The Balaban J connectivity index is 1.48. The van der Waals surface area contributed by atoms with Gasteiger partial charge in [-0.2, -0.15) is 13.2 Å². The molecule has 3 heterocycles. The Kier molecular flexibility index (Phi) is 4.96. The molecule has 3 aromatic rings. The Morgan fingerprint density at radius 3 is 2.66 bits per heavy atom. The highest BCUT2D eigenvalue weighted by Gasteiger charge is 2.37. The number of fused-ring (bicyclic) bond motifs is 1. The van der Waals surface area contributed by atoms with Crippen LogP contribution in [0.15, 0.2) is 54.7 Å². The van der Waals surface area contributed by atoms with Crippen molar-refractivity contribution in [3.63, 3.8) is 0 Å². The van der Waals surface area contributed by atoms with Crippen LogP contribution in [0.5, 0.6) is 5.88 Å². The largest absolute Gasteiger partial charge is 0.472 e. The molecule has 1 aliphatic heterocycles. The summed E-state index contributed by atoms with van der Waals surface area (Å²) in [6.45, 7) is 1.08. The maximum Gasteiger partial charge on any atom is 0.418 e. The molecule has 1 aromatic carbocycles. The first kappa shape index (κ1) is 19.0. The zero-order valence-electron chi connectivity index (χ0n) is 15.3. The van der Waals surface area contributed by atoms with E-state index in [4.69, 9.17) is 4.74 Å². The number of nitrogens with zero attached hydrogens (tertiary/aromatic N) is 4. The van der Waals surface area contributed by atoms with E-state index in [1.165, 1.54) is 17.2 Å². The maximum atomic E-state index is 13.2. The van der Waals surface area contributed by atoms with E-state index in [0.717, 1.165) is 11.6 Å². The van der Waals surface area contributed by atoms with Crippen LogP contribution in [0, 0.1) is 0 Å². The van der Waals surface area contributed by atoms with Gasteiger partial charge in [0.05, 0.1) is 24.3 Å². The Bertz CT molecular complexity index is 1020. The van der Waals surface area contributed by atoms with Gasteiger partial charge < -0.3 is 9.64 Å². The van der Waals surface area contributed by atoms with Crippen LogP contribution in [0.1, 0.15) is 27.3 Å². The fourth-order valence-corrected chi connectivity index (χ4v) is 3.17. The van der Waals surface area contributed by atoms with Crippen LogP contribution in [0.3, 0.4) is 0 Å². The van der Waals surface area contributed by atoms with Gasteiger partial charge in [0.15, 0.2) is 0 Å². The van der Waals surface area contributed by atoms with E-state index in [9.17, 15) is 18.0 Å². The Hall–Kier alpha value is -3.36. The predicted molar refractivity (Wildman–Crippen MR) is 97.0 cm³/mol. The molecule has 29 heavy (non-hydrogen) atoms. The first-order valence-electron chi connectivity index (χ1n) is 8.97. The summed E-state index contributed by atoms with van der Waals surface area (Å²) in [5, 5.41) is 4.35. The summed E-state index contributed by atoms with van der Waals surface area (Å²) in [6.07, 6.45) is -3.46. The molecule has 0 N–H and O–H groups in total. The first-order valence-corrected chi connectivity index (χ1v) is 8.97. The molecule has 1 aliphatic rings. The summed E-state index contributed by atoms with van der Waals surface area (Å²) in [5.74, 6) is -0.343. The Morgan fingerprint density at radius 1 is 1.10 bits per heavy atom. The van der Waals surface area contributed by atoms with Crippen molar-refractivity contribution in [2.45, 2.75) is 25.9 Å². The van der Waals surface area contributed by atoms with Crippen LogP contribution in [0.2, 0.25) is 0 Å². The SMILES string of the molecule is O=C(c1ncccc1C(F)(F)F)N1CCn2nc(OCc3ccccc3)cc2C1. The summed E-state index contributed by atoms with van der Waals surface area (Å²) in [7, 11) is 0. The first-order chi connectivity index (χ1) is 13.9. The van der Waals surface area contributed by atoms with Gasteiger partial charge in [-0.25, -0.2) is 0 Å². The lowest BCUT2D eigenvalue weighted by Gasteiger charge is -2.28. The van der Waals surface area contributed by atoms with Gasteiger partial charge in [-0.1, -0.05) is 30.3 Å². The van der Waals surface area contributed by atoms with Gasteiger partial charge in [0.25, 0.3) is 5.91 Å². The van der Waals surface area contributed by atoms with Gasteiger partial charge in [0, 0.05) is 18.8 Å². The molecule has 0 spiro atoms. The van der Waals surface area contributed by atoms with Crippen molar-refractivity contribution < 1.29 is 22.7 Å². The second kappa shape index (κ2) is 7.57. The Labute approximate surface area is 164 Å². The quantitative estimate of drug-likeness (QED) is 0.670. The van der Waals surface area contributed by atoms with E-state index in [0.29, 0.717) is 24.7 Å². The lowest BCUT2D eigenvalue weighted by molar-refractivity contribution is -0.138. The van der Waals surface area contributed by atoms with Crippen LogP contribution in [-0.2, 0) is 25.9 Å². The van der Waals surface area contributed by atoms with Gasteiger partial charge in [0.2, 0.25) is 5.88 Å². The smallest absolute Gasteiger partial charge is 0.418 e. The summed E-state index contributed by atoms with van der Waals surface area (Å²) < 4.78 is 47.0. The van der Waals surface area contributed by atoms with Crippen LogP contribution in [0.4, 0.5) is 13.2 Å². The third-order valence-electron chi connectivity index (χ3n) is 4.61. The number of halogens is 3. The minimum Gasteiger partial charge on any atom is -0.472 e. The van der Waals surface area contributed by atoms with E-state index < -0.39 is 23.3 Å². The molecule has 4 rings (SSSR count). The number of alkyl halides is 3. The number of carbonyl (C=O) groups excluding carboxylic acids is 1. The molecule has 0 aliphatic carbocycles. The van der Waals surface area contributed by atoms with Crippen molar-refractivity contribution in [3.05, 3.63) is 77.2 Å². The minimum absolute atomic E-state index is 0.133. The zero-order chi connectivity index (χ0) is 20.4. The molecule has 0 saturated heterocycles. The van der Waals surface area contributed by atoms with Crippen LogP contribution < -0.4 is 4.74 Å². The number of rotatable bonds is 4. The second-order valence-electron chi connectivity index (χ2n) is 6.60. The number of aromatic nitrogens is 3. The van der Waals surface area contributed by atoms with Gasteiger partial charge >= 0.3 is 6.18 Å². The number of ether oxygens (including phenoxy) is 1. The lowest BCUT2D eigenvalue weighted by atomic mass is 10.1. The van der Waals surface area contributed by atoms with Crippen LogP contribution >= 0.6 is 0 Å². The molecule has 1 amide bonds. The average molecular weight is 402 g/mol. The van der Waals surface area contributed by atoms with Crippen molar-refractivity contribution in [2.75, 3.05) is 6.54 Å². The van der Waals surface area contributed by atoms with E-state index in [1.807, 2.05) is 30.3 Å². The molecule has 0 saturated carbocycles. The fraction of sp³-hybridized carbons (Fsp3) is 0.250. The molecule has 150 valence electrons. The van der Waals surface area contributed by atoms with Gasteiger partial charge in [-0.3, -0.25) is 14.5 Å². The Morgan fingerprint density at radius 2 is 1.90 bits per heavy atom. The maximum absolute atomic E-state index is 13.2. The molecule has 0 atom stereocenters. The second-order valence-corrected chi connectivity index (χ2v) is 6.60. The number of carbonyl (C=O) groups is 1. The summed E-state index contributed by atoms with van der Waals surface area (Å²) >= 11 is 0. The number of hydrogen-bond donors (Lipinski definition) is 0. The van der Waals surface area contributed by atoms with Crippen molar-refractivity contribution in [3.8, 4) is 5.88 Å². The highest BCUT2D eigenvalue weighted by molar-refractivity contribution is 5.94. The third kappa shape index (κ3) is 4.08. The molecule has 0 unspecified atom stereocenters. The number of amides is 1. The molecule has 0 bridgehead atoms. The monoisotopic (exact) mass is 402 g/mol. The van der Waals surface area contributed by atoms with Gasteiger partial charge in [-0.05, 0) is 17.7 Å². The van der Waals surface area contributed by atoms with E-state index in [2.05, 4.69) is 10.1 Å². The molecular weight excluding hydrogens is 385 g/mol. The predicted octanol–water partition coefficient (Wildman–Crippen LogP) is 3.53. The van der Waals surface area contributed by atoms with Crippen LogP contribution in [-0.4, -0.2) is 32.1 Å². The molecule has 6 nitrogen and oxygen atoms in total. The summed E-state index contributed by atoms with van der Waals surface area (Å²) in [5.41, 5.74) is 0.0618. The zero-order valence-corrected chi connectivity index (χ0v) is 15.3. The number of hydrogen-bond acceptors (Lipinski definition) is 4. The highest BCUT2D eigenvalue weighted by Crippen LogP contribution is 2.32. The van der Waals surface area contributed by atoms with E-state index in [-0.39, 0.29) is 13.1 Å². The number of pyridine rings is 1. The summed E-state index contributed by atoms with van der Waals surface area (Å²) in [4.78, 5) is 17.7. The molecule has 0 radical (unpaired) electrons. The van der Waals surface area contributed by atoms with Crippen LogP contribution in [0.25, 0.3) is 0 Å². The fourth-order valence-electron chi connectivity index (χ4n) is 3.17. The average Bonchev–Trinajstić information content (AvgIpc) is 3.14. The van der Waals surface area contributed by atoms with Gasteiger partial charge in [0.1, 0.15) is 12.3 Å². The lowest BCUT2D eigenvalue weighted by Crippen LogP contribution is -2.39. The molecule has 0 fully saturated rings. The number of benzene rings is 1. The third-order valence-corrected chi connectivity index (χ3v) is 4.61. The molecule has 2 aromatic heterocycles. The summed E-state index contributed by atoms with van der Waals surface area (Å²) in [6, 6.07) is 13.3. The normalized spacial score (nSPS) is 13.8. The van der Waals surface area contributed by atoms with Crippen molar-refractivity contribution >= 4 is 5.91 Å². The molecule has 9 heteroatoms. The van der Waals surface area contributed by atoms with Gasteiger partial charge in [-0.15, -0.1) is 5.10 Å². The minimum atomic E-state index is -4.64. The molecular formula is C20H17F3N4O2. The standard InChI is InChI=1S/C20H17F3N4O2/c21-20(22,23)16-7-4-8-24-18(16)19(28)26-9-10-27-15(12-26)11-17(25-27)29-13-14-5-2-1-3-6-14/h1-8,11H,9-10,12-13H2. The van der Waals surface area contributed by atoms with Crippen molar-refractivity contribution in [2.24, 2.45) is 0 Å².